The molecule has 1 aromatic carbocycles. The average molecular weight is 214 g/mol. The molecule has 80 valence electrons. The van der Waals surface area contributed by atoms with Crippen LogP contribution in [0, 0.1) is 6.92 Å². The van der Waals surface area contributed by atoms with E-state index in [2.05, 4.69) is 9.97 Å². The maximum Gasteiger partial charge on any atom is 0.373 e. The van der Waals surface area contributed by atoms with Crippen molar-refractivity contribution < 1.29 is 9.90 Å². The van der Waals surface area contributed by atoms with E-state index in [0.29, 0.717) is 0 Å². The summed E-state index contributed by atoms with van der Waals surface area (Å²) in [5.74, 6) is -1.30. The Kier molecular flexibility index (Phi) is 2.64. The lowest BCUT2D eigenvalue weighted by atomic mass is 10.1. The molecule has 0 fully saturated rings. The van der Waals surface area contributed by atoms with Crippen molar-refractivity contribution in [3.63, 3.8) is 0 Å². The number of hydrogen-bond acceptors (Lipinski definition) is 3. The van der Waals surface area contributed by atoms with Gasteiger partial charge in [0, 0.05) is 18.0 Å². The van der Waals surface area contributed by atoms with Crippen LogP contribution in [0.15, 0.2) is 36.7 Å². The van der Waals surface area contributed by atoms with Crippen molar-refractivity contribution >= 4 is 5.97 Å². The smallest absolute Gasteiger partial charge is 0.373 e. The van der Waals surface area contributed by atoms with Crippen LogP contribution < -0.4 is 0 Å². The lowest BCUT2D eigenvalue weighted by Gasteiger charge is -2.01. The number of carbonyl (C=O) groups is 1. The van der Waals surface area contributed by atoms with Gasteiger partial charge in [-0.1, -0.05) is 29.8 Å². The van der Waals surface area contributed by atoms with Gasteiger partial charge in [-0.3, -0.25) is 0 Å². The molecule has 0 unspecified atom stereocenters. The first-order chi connectivity index (χ1) is 7.66. The predicted octanol–water partition coefficient (Wildman–Crippen LogP) is 2.15. The van der Waals surface area contributed by atoms with Gasteiger partial charge in [-0.25, -0.2) is 14.8 Å². The molecule has 0 aliphatic carbocycles. The molecule has 0 saturated heterocycles. The Morgan fingerprint density at radius 2 is 1.88 bits per heavy atom. The summed E-state index contributed by atoms with van der Waals surface area (Å²) in [4.78, 5) is 18.1. The van der Waals surface area contributed by atoms with Gasteiger partial charge in [0.1, 0.15) is 0 Å². The summed E-state index contributed by atoms with van der Waals surface area (Å²) < 4.78 is 0. The Bertz CT molecular complexity index is 521. The third-order valence-electron chi connectivity index (χ3n) is 2.19. The summed E-state index contributed by atoms with van der Waals surface area (Å²) in [6, 6.07) is 7.87. The van der Waals surface area contributed by atoms with E-state index in [9.17, 15) is 4.79 Å². The van der Waals surface area contributed by atoms with Crippen molar-refractivity contribution in [2.24, 2.45) is 0 Å². The number of aromatic nitrogens is 2. The topological polar surface area (TPSA) is 63.1 Å². The fourth-order valence-corrected chi connectivity index (χ4v) is 1.41. The Morgan fingerprint density at radius 1 is 1.19 bits per heavy atom. The first-order valence-electron chi connectivity index (χ1n) is 4.79. The molecule has 2 aromatic rings. The zero-order valence-corrected chi connectivity index (χ0v) is 8.71. The molecule has 1 aromatic heterocycles. The van der Waals surface area contributed by atoms with Gasteiger partial charge in [0.15, 0.2) is 0 Å². The van der Waals surface area contributed by atoms with E-state index < -0.39 is 5.97 Å². The summed E-state index contributed by atoms with van der Waals surface area (Å²) >= 11 is 0. The fraction of sp³-hybridized carbons (Fsp3) is 0.0833. The molecule has 0 saturated carbocycles. The second kappa shape index (κ2) is 4.10. The minimum absolute atomic E-state index is 0.184. The van der Waals surface area contributed by atoms with E-state index in [1.54, 1.807) is 0 Å². The number of aryl methyl sites for hydroxylation is 1. The van der Waals surface area contributed by atoms with Gasteiger partial charge in [0.2, 0.25) is 5.82 Å². The van der Waals surface area contributed by atoms with Crippen molar-refractivity contribution in [2.75, 3.05) is 0 Å². The molecule has 0 spiro atoms. The van der Waals surface area contributed by atoms with Gasteiger partial charge in [0.25, 0.3) is 0 Å². The molecule has 0 aliphatic heterocycles. The monoisotopic (exact) mass is 214 g/mol. The number of nitrogens with zero attached hydrogens (tertiary/aromatic N) is 2. The Morgan fingerprint density at radius 3 is 2.44 bits per heavy atom. The molecule has 16 heavy (non-hydrogen) atoms. The molecule has 0 aliphatic rings. The van der Waals surface area contributed by atoms with Crippen molar-refractivity contribution in [3.05, 3.63) is 48.0 Å². The Hall–Kier alpha value is -2.23. The number of hydrogen-bond donors (Lipinski definition) is 1. The van der Waals surface area contributed by atoms with Crippen LogP contribution in [0.3, 0.4) is 0 Å². The zero-order chi connectivity index (χ0) is 11.5. The number of aromatic carboxylic acids is 1. The van der Waals surface area contributed by atoms with E-state index in [1.807, 2.05) is 31.2 Å². The van der Waals surface area contributed by atoms with E-state index in [-0.39, 0.29) is 5.82 Å². The predicted molar refractivity (Wildman–Crippen MR) is 59.2 cm³/mol. The van der Waals surface area contributed by atoms with E-state index >= 15 is 0 Å². The van der Waals surface area contributed by atoms with Crippen LogP contribution in [0.5, 0.6) is 0 Å². The number of carboxylic acid groups (broad SMARTS) is 1. The lowest BCUT2D eigenvalue weighted by molar-refractivity contribution is 0.0683. The Balaban J connectivity index is 2.38. The second-order valence-corrected chi connectivity index (χ2v) is 3.47. The SMILES string of the molecule is Cc1cccc(-c2cnc(C(=O)O)nc2)c1. The van der Waals surface area contributed by atoms with E-state index in [0.717, 1.165) is 16.7 Å². The van der Waals surface area contributed by atoms with Crippen LogP contribution in [0.25, 0.3) is 11.1 Å². The van der Waals surface area contributed by atoms with Crippen molar-refractivity contribution in [1.29, 1.82) is 0 Å². The quantitative estimate of drug-likeness (QED) is 0.831. The zero-order valence-electron chi connectivity index (χ0n) is 8.71. The highest BCUT2D eigenvalue weighted by atomic mass is 16.4. The van der Waals surface area contributed by atoms with Crippen LogP contribution >= 0.6 is 0 Å². The number of carboxylic acids is 1. The van der Waals surface area contributed by atoms with Crippen LogP contribution in [0.1, 0.15) is 16.2 Å². The maximum absolute atomic E-state index is 10.6. The van der Waals surface area contributed by atoms with Crippen molar-refractivity contribution in [1.82, 2.24) is 9.97 Å². The molecular formula is C12H10N2O2. The molecule has 0 atom stereocenters. The largest absolute Gasteiger partial charge is 0.475 e. The molecule has 4 heteroatoms. The number of benzene rings is 1. The van der Waals surface area contributed by atoms with Gasteiger partial charge in [-0.2, -0.15) is 0 Å². The summed E-state index contributed by atoms with van der Waals surface area (Å²) in [6.45, 7) is 2.00. The van der Waals surface area contributed by atoms with Crippen LogP contribution in [0.2, 0.25) is 0 Å². The molecule has 0 amide bonds. The first-order valence-corrected chi connectivity index (χ1v) is 4.79. The molecule has 0 radical (unpaired) electrons. The van der Waals surface area contributed by atoms with Crippen LogP contribution in [-0.4, -0.2) is 21.0 Å². The highest BCUT2D eigenvalue weighted by Gasteiger charge is 2.06. The normalized spacial score (nSPS) is 10.1. The maximum atomic E-state index is 10.6. The summed E-state index contributed by atoms with van der Waals surface area (Å²) in [5.41, 5.74) is 2.94. The van der Waals surface area contributed by atoms with E-state index in [4.69, 9.17) is 5.11 Å². The molecular weight excluding hydrogens is 204 g/mol. The molecule has 1 heterocycles. The van der Waals surface area contributed by atoms with Gasteiger partial charge < -0.3 is 5.11 Å². The van der Waals surface area contributed by atoms with Gasteiger partial charge in [-0.15, -0.1) is 0 Å². The second-order valence-electron chi connectivity index (χ2n) is 3.47. The minimum Gasteiger partial charge on any atom is -0.475 e. The molecule has 0 bridgehead atoms. The highest BCUT2D eigenvalue weighted by Crippen LogP contribution is 2.18. The molecule has 4 nitrogen and oxygen atoms in total. The summed E-state index contributed by atoms with van der Waals surface area (Å²) in [5, 5.41) is 8.67. The Labute approximate surface area is 92.6 Å². The van der Waals surface area contributed by atoms with Crippen molar-refractivity contribution in [2.45, 2.75) is 6.92 Å². The standard InChI is InChI=1S/C12H10N2O2/c1-8-3-2-4-9(5-8)10-6-13-11(12(15)16)14-7-10/h2-7H,1H3,(H,15,16). The average Bonchev–Trinajstić information content (AvgIpc) is 2.29. The third kappa shape index (κ3) is 2.06. The highest BCUT2D eigenvalue weighted by molar-refractivity contribution is 5.83. The lowest BCUT2D eigenvalue weighted by Crippen LogP contribution is -2.03. The van der Waals surface area contributed by atoms with Crippen LogP contribution in [0.4, 0.5) is 0 Å². The molecule has 2 rings (SSSR count). The summed E-state index contributed by atoms with van der Waals surface area (Å²) in [6.07, 6.45) is 3.04. The van der Waals surface area contributed by atoms with Gasteiger partial charge >= 0.3 is 5.97 Å². The minimum atomic E-state index is -1.12. The fourth-order valence-electron chi connectivity index (χ4n) is 1.41. The third-order valence-corrected chi connectivity index (χ3v) is 2.19. The van der Waals surface area contributed by atoms with Gasteiger partial charge in [-0.05, 0) is 12.5 Å². The van der Waals surface area contributed by atoms with Crippen molar-refractivity contribution in [3.8, 4) is 11.1 Å². The number of rotatable bonds is 2. The summed E-state index contributed by atoms with van der Waals surface area (Å²) in [7, 11) is 0. The van der Waals surface area contributed by atoms with Crippen LogP contribution in [-0.2, 0) is 0 Å². The first kappa shape index (κ1) is 10.3. The van der Waals surface area contributed by atoms with Gasteiger partial charge in [0.05, 0.1) is 0 Å². The molecule has 1 N–H and O–H groups in total. The van der Waals surface area contributed by atoms with E-state index in [1.165, 1.54) is 12.4 Å².